The van der Waals surface area contributed by atoms with Gasteiger partial charge in [0.1, 0.15) is 5.82 Å². The molecule has 1 N–H and O–H groups in total. The van der Waals surface area contributed by atoms with Crippen LogP contribution in [0.15, 0.2) is 18.3 Å². The summed E-state index contributed by atoms with van der Waals surface area (Å²) < 4.78 is 0. The van der Waals surface area contributed by atoms with E-state index < -0.39 is 6.10 Å². The fourth-order valence-corrected chi connectivity index (χ4v) is 1.63. The van der Waals surface area contributed by atoms with Gasteiger partial charge in [-0.3, -0.25) is 0 Å². The van der Waals surface area contributed by atoms with Crippen LogP contribution in [0.1, 0.15) is 46.3 Å². The van der Waals surface area contributed by atoms with Crippen molar-refractivity contribution in [3.63, 3.8) is 0 Å². The predicted octanol–water partition coefficient (Wildman–Crippen LogP) is 3.01. The lowest BCUT2D eigenvalue weighted by Crippen LogP contribution is -2.39. The molecule has 0 saturated carbocycles. The van der Waals surface area contributed by atoms with Crippen LogP contribution in [0.2, 0.25) is 0 Å². The highest BCUT2D eigenvalue weighted by Crippen LogP contribution is 2.26. The minimum absolute atomic E-state index is 0.208. The Morgan fingerprint density at radius 2 is 1.82 bits per heavy atom. The number of aliphatic hydroxyl groups is 1. The standard InChI is InChI=1S/C14H24N2O/c1-10(17)12-7-8-13(15-9-12)16(6)11(2)14(3,4)5/h7-11,17H,1-6H3. The van der Waals surface area contributed by atoms with Crippen molar-refractivity contribution in [1.82, 2.24) is 4.98 Å². The Morgan fingerprint density at radius 3 is 2.18 bits per heavy atom. The molecule has 17 heavy (non-hydrogen) atoms. The van der Waals surface area contributed by atoms with Gasteiger partial charge in [0, 0.05) is 19.3 Å². The van der Waals surface area contributed by atoms with E-state index in [1.165, 1.54) is 0 Å². The molecule has 0 spiro atoms. The number of anilines is 1. The molecule has 3 heteroatoms. The Bertz CT molecular complexity index is 351. The average molecular weight is 236 g/mol. The van der Waals surface area contributed by atoms with E-state index in [-0.39, 0.29) is 5.41 Å². The molecule has 2 unspecified atom stereocenters. The Kier molecular flexibility index (Phi) is 4.15. The van der Waals surface area contributed by atoms with E-state index in [1.807, 2.05) is 12.1 Å². The van der Waals surface area contributed by atoms with Crippen LogP contribution in [-0.2, 0) is 0 Å². The van der Waals surface area contributed by atoms with E-state index in [0.717, 1.165) is 11.4 Å². The molecule has 2 atom stereocenters. The zero-order valence-electron chi connectivity index (χ0n) is 11.7. The lowest BCUT2D eigenvalue weighted by Gasteiger charge is -2.36. The number of hydrogen-bond acceptors (Lipinski definition) is 3. The Hall–Kier alpha value is -1.09. The van der Waals surface area contributed by atoms with Crippen LogP contribution in [0.3, 0.4) is 0 Å². The maximum Gasteiger partial charge on any atom is 0.128 e. The molecule has 3 nitrogen and oxygen atoms in total. The van der Waals surface area contributed by atoms with E-state index in [4.69, 9.17) is 0 Å². The van der Waals surface area contributed by atoms with Crippen LogP contribution >= 0.6 is 0 Å². The number of pyridine rings is 1. The third-order valence-electron chi connectivity index (χ3n) is 3.45. The van der Waals surface area contributed by atoms with Crippen LogP contribution in [0.4, 0.5) is 5.82 Å². The normalized spacial score (nSPS) is 15.5. The minimum Gasteiger partial charge on any atom is -0.389 e. The van der Waals surface area contributed by atoms with E-state index in [1.54, 1.807) is 13.1 Å². The third-order valence-corrected chi connectivity index (χ3v) is 3.45. The van der Waals surface area contributed by atoms with Gasteiger partial charge in [-0.15, -0.1) is 0 Å². The highest BCUT2D eigenvalue weighted by molar-refractivity contribution is 5.40. The SMILES string of the molecule is CC(O)c1ccc(N(C)C(C)C(C)(C)C)nc1. The minimum atomic E-state index is -0.457. The second kappa shape index (κ2) is 5.05. The van der Waals surface area contributed by atoms with Crippen LogP contribution in [0.5, 0.6) is 0 Å². The fraction of sp³-hybridized carbons (Fsp3) is 0.643. The van der Waals surface area contributed by atoms with Crippen molar-refractivity contribution in [2.45, 2.75) is 46.8 Å². The van der Waals surface area contributed by atoms with E-state index in [0.29, 0.717) is 6.04 Å². The van der Waals surface area contributed by atoms with Crippen molar-refractivity contribution in [3.05, 3.63) is 23.9 Å². The third kappa shape index (κ3) is 3.43. The van der Waals surface area contributed by atoms with Gasteiger partial charge in [-0.2, -0.15) is 0 Å². The van der Waals surface area contributed by atoms with E-state index >= 15 is 0 Å². The van der Waals surface area contributed by atoms with Gasteiger partial charge in [0.15, 0.2) is 0 Å². The molecule has 0 radical (unpaired) electrons. The van der Waals surface area contributed by atoms with Gasteiger partial charge >= 0.3 is 0 Å². The number of aromatic nitrogens is 1. The van der Waals surface area contributed by atoms with Crippen LogP contribution in [0, 0.1) is 5.41 Å². The first-order valence-electron chi connectivity index (χ1n) is 6.10. The molecule has 1 aromatic heterocycles. The Balaban J connectivity index is 2.87. The van der Waals surface area contributed by atoms with Crippen molar-refractivity contribution >= 4 is 5.82 Å². The largest absolute Gasteiger partial charge is 0.389 e. The number of nitrogens with zero attached hydrogens (tertiary/aromatic N) is 2. The number of aliphatic hydroxyl groups excluding tert-OH is 1. The summed E-state index contributed by atoms with van der Waals surface area (Å²) in [5, 5.41) is 9.44. The summed E-state index contributed by atoms with van der Waals surface area (Å²) in [6.07, 6.45) is 1.29. The molecule has 96 valence electrons. The smallest absolute Gasteiger partial charge is 0.128 e. The molecular formula is C14H24N2O. The zero-order valence-corrected chi connectivity index (χ0v) is 11.7. The van der Waals surface area contributed by atoms with Crippen LogP contribution in [-0.4, -0.2) is 23.2 Å². The number of hydrogen-bond donors (Lipinski definition) is 1. The zero-order chi connectivity index (χ0) is 13.2. The van der Waals surface area contributed by atoms with Crippen molar-refractivity contribution < 1.29 is 5.11 Å². The predicted molar refractivity (Wildman–Crippen MR) is 72.2 cm³/mol. The quantitative estimate of drug-likeness (QED) is 0.876. The fourth-order valence-electron chi connectivity index (χ4n) is 1.63. The molecule has 0 fully saturated rings. The van der Waals surface area contributed by atoms with Gasteiger partial charge in [-0.1, -0.05) is 26.8 Å². The molecule has 0 aromatic carbocycles. The molecule has 1 heterocycles. The van der Waals surface area contributed by atoms with Crippen LogP contribution < -0.4 is 4.90 Å². The Labute approximate surface area is 104 Å². The summed E-state index contributed by atoms with van der Waals surface area (Å²) >= 11 is 0. The Morgan fingerprint density at radius 1 is 1.24 bits per heavy atom. The molecule has 0 aliphatic rings. The van der Waals surface area contributed by atoms with E-state index in [2.05, 4.69) is 44.6 Å². The molecular weight excluding hydrogens is 212 g/mol. The summed E-state index contributed by atoms with van der Waals surface area (Å²) in [5.41, 5.74) is 1.06. The maximum atomic E-state index is 9.44. The average Bonchev–Trinajstić information content (AvgIpc) is 2.26. The van der Waals surface area contributed by atoms with E-state index in [9.17, 15) is 5.11 Å². The second-order valence-electron chi connectivity index (χ2n) is 5.78. The summed E-state index contributed by atoms with van der Waals surface area (Å²) in [5.74, 6) is 0.942. The molecule has 0 aliphatic carbocycles. The van der Waals surface area contributed by atoms with Gasteiger partial charge in [0.25, 0.3) is 0 Å². The molecule has 0 saturated heterocycles. The summed E-state index contributed by atoms with van der Waals surface area (Å²) in [7, 11) is 2.06. The second-order valence-corrected chi connectivity index (χ2v) is 5.78. The highest BCUT2D eigenvalue weighted by Gasteiger charge is 2.24. The van der Waals surface area contributed by atoms with Crippen molar-refractivity contribution in [2.24, 2.45) is 5.41 Å². The van der Waals surface area contributed by atoms with Crippen LogP contribution in [0.25, 0.3) is 0 Å². The highest BCUT2D eigenvalue weighted by atomic mass is 16.3. The molecule has 0 bridgehead atoms. The first-order valence-corrected chi connectivity index (χ1v) is 6.10. The molecule has 0 amide bonds. The lowest BCUT2D eigenvalue weighted by atomic mass is 9.87. The lowest BCUT2D eigenvalue weighted by molar-refractivity contribution is 0.199. The molecule has 1 aromatic rings. The number of rotatable bonds is 3. The van der Waals surface area contributed by atoms with Gasteiger partial charge in [0.2, 0.25) is 0 Å². The summed E-state index contributed by atoms with van der Waals surface area (Å²) in [6, 6.07) is 4.29. The first kappa shape index (κ1) is 14.0. The monoisotopic (exact) mass is 236 g/mol. The molecule has 1 rings (SSSR count). The molecule has 0 aliphatic heterocycles. The van der Waals surface area contributed by atoms with Crippen molar-refractivity contribution in [3.8, 4) is 0 Å². The van der Waals surface area contributed by atoms with Crippen molar-refractivity contribution in [2.75, 3.05) is 11.9 Å². The first-order chi connectivity index (χ1) is 7.73. The summed E-state index contributed by atoms with van der Waals surface area (Å²) in [4.78, 5) is 6.57. The maximum absolute atomic E-state index is 9.44. The van der Waals surface area contributed by atoms with Gasteiger partial charge in [0.05, 0.1) is 6.10 Å². The topological polar surface area (TPSA) is 36.4 Å². The van der Waals surface area contributed by atoms with Gasteiger partial charge < -0.3 is 10.0 Å². The summed E-state index contributed by atoms with van der Waals surface area (Å²) in [6.45, 7) is 10.6. The van der Waals surface area contributed by atoms with Gasteiger partial charge in [-0.05, 0) is 30.9 Å². The van der Waals surface area contributed by atoms with Gasteiger partial charge in [-0.25, -0.2) is 4.98 Å². The van der Waals surface area contributed by atoms with Crippen molar-refractivity contribution in [1.29, 1.82) is 0 Å².